The number of thiazole rings is 1. The first-order valence-electron chi connectivity index (χ1n) is 7.54. The first-order valence-corrected chi connectivity index (χ1v) is 8.79. The molecule has 0 aliphatic heterocycles. The van der Waals surface area contributed by atoms with Crippen LogP contribution in [-0.4, -0.2) is 11.0 Å². The molecule has 0 saturated heterocycles. The molecular weight excluding hydrogens is 403 g/mol. The van der Waals surface area contributed by atoms with E-state index in [1.807, 2.05) is 0 Å². The molecule has 140 valence electrons. The summed E-state index contributed by atoms with van der Waals surface area (Å²) in [5, 5.41) is 12.6. The van der Waals surface area contributed by atoms with Gasteiger partial charge in [0.2, 0.25) is 0 Å². The van der Waals surface area contributed by atoms with Crippen molar-refractivity contribution in [2.45, 2.75) is 13.0 Å². The summed E-state index contributed by atoms with van der Waals surface area (Å²) in [6, 6.07) is 5.77. The molecule has 0 N–H and O–H groups in total. The Morgan fingerprint density at radius 2 is 1.89 bits per heavy atom. The number of ether oxygens (including phenoxy) is 1. The SMILES string of the molecule is O=C([O-])c1nc(Cc2cc(Cl)ccc2OCc2c(F)cc(F)cc2F)cs1. The molecule has 4 nitrogen and oxygen atoms in total. The molecule has 0 aliphatic rings. The Hall–Kier alpha value is -2.58. The molecule has 0 atom stereocenters. The van der Waals surface area contributed by atoms with Gasteiger partial charge >= 0.3 is 0 Å². The fourth-order valence-corrected chi connectivity index (χ4v) is 3.21. The van der Waals surface area contributed by atoms with Crippen LogP contribution < -0.4 is 9.84 Å². The van der Waals surface area contributed by atoms with Crippen LogP contribution in [0.1, 0.15) is 26.6 Å². The number of halogens is 4. The highest BCUT2D eigenvalue weighted by molar-refractivity contribution is 7.11. The number of nitrogens with zero attached hydrogens (tertiary/aromatic N) is 1. The largest absolute Gasteiger partial charge is 0.542 e. The molecule has 0 aliphatic carbocycles. The zero-order valence-corrected chi connectivity index (χ0v) is 15.0. The third-order valence-corrected chi connectivity index (χ3v) is 4.70. The molecule has 0 bridgehead atoms. The van der Waals surface area contributed by atoms with Crippen molar-refractivity contribution < 1.29 is 27.8 Å². The summed E-state index contributed by atoms with van der Waals surface area (Å²) in [7, 11) is 0. The van der Waals surface area contributed by atoms with Crippen LogP contribution in [0.4, 0.5) is 13.2 Å². The van der Waals surface area contributed by atoms with Gasteiger partial charge in [0.1, 0.15) is 40.8 Å². The second-order valence-corrected chi connectivity index (χ2v) is 6.79. The lowest BCUT2D eigenvalue weighted by Crippen LogP contribution is -2.21. The number of carboxylic acid groups (broad SMARTS) is 1. The highest BCUT2D eigenvalue weighted by atomic mass is 35.5. The standard InChI is InChI=1S/C18H11ClF3NO3S/c19-10-1-2-16(26-7-13-14(21)5-11(20)6-15(13)22)9(3-10)4-12-8-27-17(23-12)18(24)25/h1-3,5-6,8H,4,7H2,(H,24,25)/p-1. The van der Waals surface area contributed by atoms with E-state index in [0.29, 0.717) is 28.4 Å². The predicted octanol–water partition coefficient (Wildman–Crippen LogP) is 3.75. The van der Waals surface area contributed by atoms with Gasteiger partial charge in [-0.3, -0.25) is 0 Å². The van der Waals surface area contributed by atoms with Gasteiger partial charge in [0.05, 0.1) is 11.3 Å². The average Bonchev–Trinajstić information content (AvgIpc) is 3.04. The van der Waals surface area contributed by atoms with Crippen molar-refractivity contribution in [3.8, 4) is 5.75 Å². The van der Waals surface area contributed by atoms with Crippen LogP contribution >= 0.6 is 22.9 Å². The summed E-state index contributed by atoms with van der Waals surface area (Å²) < 4.78 is 46.0. The normalized spacial score (nSPS) is 10.8. The average molecular weight is 413 g/mol. The van der Waals surface area contributed by atoms with Crippen LogP contribution in [0, 0.1) is 17.5 Å². The molecule has 9 heteroatoms. The number of carbonyl (C=O) groups excluding carboxylic acids is 1. The molecule has 3 rings (SSSR count). The van der Waals surface area contributed by atoms with E-state index in [-0.39, 0.29) is 17.2 Å². The van der Waals surface area contributed by atoms with Crippen LogP contribution in [0.3, 0.4) is 0 Å². The number of aromatic carboxylic acids is 1. The summed E-state index contributed by atoms with van der Waals surface area (Å²) in [5.41, 5.74) is 0.580. The highest BCUT2D eigenvalue weighted by Crippen LogP contribution is 2.27. The third-order valence-electron chi connectivity index (χ3n) is 3.60. The minimum Gasteiger partial charge on any atom is -0.542 e. The van der Waals surface area contributed by atoms with Gasteiger partial charge in [0, 0.05) is 34.5 Å². The smallest absolute Gasteiger partial charge is 0.139 e. The first kappa shape index (κ1) is 19.2. The van der Waals surface area contributed by atoms with E-state index < -0.39 is 35.6 Å². The Labute approximate surface area is 160 Å². The number of hydrogen-bond donors (Lipinski definition) is 0. The van der Waals surface area contributed by atoms with Crippen molar-refractivity contribution in [1.82, 2.24) is 4.98 Å². The number of benzene rings is 2. The first-order chi connectivity index (χ1) is 12.8. The molecular formula is C18H10ClF3NO3S-. The minimum atomic E-state index is -1.38. The van der Waals surface area contributed by atoms with Crippen LogP contribution in [0.15, 0.2) is 35.7 Å². The summed E-state index contributed by atoms with van der Waals surface area (Å²) in [6.07, 6.45) is 0.189. The van der Waals surface area contributed by atoms with Crippen molar-refractivity contribution in [1.29, 1.82) is 0 Å². The third kappa shape index (κ3) is 4.58. The van der Waals surface area contributed by atoms with E-state index in [1.54, 1.807) is 11.4 Å². The van der Waals surface area contributed by atoms with Gasteiger partial charge in [-0.15, -0.1) is 11.3 Å². The quantitative estimate of drug-likeness (QED) is 0.618. The number of carboxylic acids is 1. The van der Waals surface area contributed by atoms with Crippen LogP contribution in [0.25, 0.3) is 0 Å². The van der Waals surface area contributed by atoms with Gasteiger partial charge in [0.25, 0.3) is 0 Å². The lowest BCUT2D eigenvalue weighted by atomic mass is 10.1. The highest BCUT2D eigenvalue weighted by Gasteiger charge is 2.14. The van der Waals surface area contributed by atoms with Gasteiger partial charge in [0.15, 0.2) is 0 Å². The number of aromatic nitrogens is 1. The number of carbonyl (C=O) groups is 1. The van der Waals surface area contributed by atoms with Gasteiger partial charge in [-0.05, 0) is 18.2 Å². The fourth-order valence-electron chi connectivity index (χ4n) is 2.36. The Bertz CT molecular complexity index is 986. The Kier molecular flexibility index (Phi) is 5.67. The zero-order valence-electron chi connectivity index (χ0n) is 13.5. The van der Waals surface area contributed by atoms with Gasteiger partial charge in [-0.2, -0.15) is 0 Å². The second-order valence-electron chi connectivity index (χ2n) is 5.50. The van der Waals surface area contributed by atoms with Gasteiger partial charge in [-0.25, -0.2) is 18.2 Å². The van der Waals surface area contributed by atoms with Gasteiger partial charge < -0.3 is 14.6 Å². The van der Waals surface area contributed by atoms with Gasteiger partial charge in [-0.1, -0.05) is 11.6 Å². The van der Waals surface area contributed by atoms with Crippen molar-refractivity contribution in [2.24, 2.45) is 0 Å². The van der Waals surface area contributed by atoms with Crippen molar-refractivity contribution >= 4 is 28.9 Å². The number of hydrogen-bond acceptors (Lipinski definition) is 5. The molecule has 1 heterocycles. The van der Waals surface area contributed by atoms with Crippen LogP contribution in [0.2, 0.25) is 5.02 Å². The van der Waals surface area contributed by atoms with E-state index in [0.717, 1.165) is 11.3 Å². The minimum absolute atomic E-state index is 0.162. The van der Waals surface area contributed by atoms with E-state index in [2.05, 4.69) is 4.98 Å². The Morgan fingerprint density at radius 3 is 2.52 bits per heavy atom. The molecule has 3 aromatic rings. The second kappa shape index (κ2) is 7.98. The van der Waals surface area contributed by atoms with E-state index in [9.17, 15) is 23.1 Å². The van der Waals surface area contributed by atoms with E-state index >= 15 is 0 Å². The molecule has 0 radical (unpaired) electrons. The topological polar surface area (TPSA) is 62.2 Å². The molecule has 0 unspecified atom stereocenters. The fraction of sp³-hybridized carbons (Fsp3) is 0.111. The monoisotopic (exact) mass is 412 g/mol. The van der Waals surface area contributed by atoms with Crippen molar-refractivity contribution in [3.05, 3.63) is 80.0 Å². The van der Waals surface area contributed by atoms with Crippen molar-refractivity contribution in [2.75, 3.05) is 0 Å². The molecule has 0 amide bonds. The molecule has 1 aromatic heterocycles. The summed E-state index contributed by atoms with van der Waals surface area (Å²) >= 11 is 6.91. The summed E-state index contributed by atoms with van der Waals surface area (Å²) in [5.74, 6) is -4.22. The maximum absolute atomic E-state index is 13.8. The molecule has 2 aromatic carbocycles. The molecule has 0 spiro atoms. The Morgan fingerprint density at radius 1 is 1.19 bits per heavy atom. The van der Waals surface area contributed by atoms with Crippen LogP contribution in [-0.2, 0) is 13.0 Å². The molecule has 27 heavy (non-hydrogen) atoms. The maximum atomic E-state index is 13.8. The lowest BCUT2D eigenvalue weighted by molar-refractivity contribution is -0.255. The lowest BCUT2D eigenvalue weighted by Gasteiger charge is -2.12. The molecule has 0 fully saturated rings. The zero-order chi connectivity index (χ0) is 19.6. The van der Waals surface area contributed by atoms with E-state index in [4.69, 9.17) is 16.3 Å². The Balaban J connectivity index is 1.83. The van der Waals surface area contributed by atoms with Crippen molar-refractivity contribution in [3.63, 3.8) is 0 Å². The summed E-state index contributed by atoms with van der Waals surface area (Å²) in [4.78, 5) is 14.8. The number of rotatable bonds is 6. The maximum Gasteiger partial charge on any atom is 0.139 e. The van der Waals surface area contributed by atoms with E-state index in [1.165, 1.54) is 12.1 Å². The summed E-state index contributed by atoms with van der Waals surface area (Å²) in [6.45, 7) is -0.464. The van der Waals surface area contributed by atoms with Crippen LogP contribution in [0.5, 0.6) is 5.75 Å². The predicted molar refractivity (Wildman–Crippen MR) is 91.4 cm³/mol. The molecule has 0 saturated carbocycles.